The number of aryl methyl sites for hydroxylation is 2. The Bertz CT molecular complexity index is 660. The van der Waals surface area contributed by atoms with Gasteiger partial charge >= 0.3 is 11.8 Å². The minimum absolute atomic E-state index is 0.289. The summed E-state index contributed by atoms with van der Waals surface area (Å²) in [4.78, 5) is 34.4. The number of carbonyl (C=O) groups excluding carboxylic acids is 3. The van der Waals surface area contributed by atoms with Crippen molar-refractivity contribution in [2.24, 2.45) is 5.11 Å². The fourth-order valence-electron chi connectivity index (χ4n) is 1.82. The molecule has 1 aliphatic heterocycles. The normalized spacial score (nSPS) is 14.2. The van der Waals surface area contributed by atoms with Gasteiger partial charge in [0.1, 0.15) is 0 Å². The fourth-order valence-corrected chi connectivity index (χ4v) is 1.82. The zero-order valence-electron chi connectivity index (χ0n) is 11.2. The van der Waals surface area contributed by atoms with Crippen molar-refractivity contribution in [2.75, 3.05) is 11.9 Å². The molecule has 0 spiro atoms. The molecule has 1 heterocycles. The molecule has 20 heavy (non-hydrogen) atoms. The Hall–Kier alpha value is -2.63. The van der Waals surface area contributed by atoms with Crippen LogP contribution in [-0.2, 0) is 14.4 Å². The summed E-state index contributed by atoms with van der Waals surface area (Å²) in [5.41, 5.74) is 2.69. The van der Waals surface area contributed by atoms with Gasteiger partial charge in [-0.25, -0.2) is 4.79 Å². The molecule has 6 nitrogen and oxygen atoms in total. The van der Waals surface area contributed by atoms with Crippen molar-refractivity contribution in [3.8, 4) is 0 Å². The van der Waals surface area contributed by atoms with Crippen molar-refractivity contribution >= 4 is 23.4 Å². The summed E-state index contributed by atoms with van der Waals surface area (Å²) in [6.07, 6.45) is 2.17. The molecule has 0 fully saturated rings. The predicted molar refractivity (Wildman–Crippen MR) is 71.3 cm³/mol. The molecule has 102 valence electrons. The number of hydrogen-bond acceptors (Lipinski definition) is 3. The highest BCUT2D eigenvalue weighted by molar-refractivity contribution is 5.98. The Morgan fingerprint density at radius 1 is 1.25 bits per heavy atom. The predicted octanol–water partition coefficient (Wildman–Crippen LogP) is 1.33. The van der Waals surface area contributed by atoms with Crippen LogP contribution in [0.4, 0.5) is 5.69 Å². The maximum absolute atomic E-state index is 11.9. The van der Waals surface area contributed by atoms with Gasteiger partial charge in [0.2, 0.25) is 0 Å². The number of nitrogens with zero attached hydrogens (tertiary/aromatic N) is 2. The summed E-state index contributed by atoms with van der Waals surface area (Å²) in [5, 5.41) is 6.17. The van der Waals surface area contributed by atoms with E-state index in [1.54, 1.807) is 6.07 Å². The van der Waals surface area contributed by atoms with Crippen LogP contribution in [0, 0.1) is 13.8 Å². The van der Waals surface area contributed by atoms with Gasteiger partial charge in [-0.3, -0.25) is 9.59 Å². The van der Waals surface area contributed by atoms with E-state index in [1.807, 2.05) is 26.0 Å². The van der Waals surface area contributed by atoms with Crippen LogP contribution in [0.1, 0.15) is 11.1 Å². The largest absolute Gasteiger partial charge is 0.437 e. The van der Waals surface area contributed by atoms with E-state index < -0.39 is 17.7 Å². The first-order valence-corrected chi connectivity index (χ1v) is 6.08. The highest BCUT2D eigenvalue weighted by Gasteiger charge is 2.26. The van der Waals surface area contributed by atoms with Crippen molar-refractivity contribution in [1.29, 1.82) is 0 Å². The van der Waals surface area contributed by atoms with E-state index in [0.717, 1.165) is 28.0 Å². The first kappa shape index (κ1) is 13.8. The molecule has 0 saturated carbocycles. The number of azo groups is 2. The molecule has 1 aliphatic rings. The SMILES string of the molecule is Cc1ccc(NC(=O)C[N+]2=NC(=O)C=CC2=O)c(C)c1. The second kappa shape index (κ2) is 5.56. The zero-order chi connectivity index (χ0) is 14.7. The molecule has 3 amide bonds. The minimum atomic E-state index is -0.552. The Kier molecular flexibility index (Phi) is 3.84. The van der Waals surface area contributed by atoms with Gasteiger partial charge in [-0.2, -0.15) is 0 Å². The van der Waals surface area contributed by atoms with Crippen LogP contribution in [0.25, 0.3) is 0 Å². The smallest absolute Gasteiger partial charge is 0.320 e. The van der Waals surface area contributed by atoms with Crippen molar-refractivity contribution in [1.82, 2.24) is 0 Å². The molecule has 0 aromatic heterocycles. The van der Waals surface area contributed by atoms with E-state index in [-0.39, 0.29) is 6.54 Å². The van der Waals surface area contributed by atoms with Crippen molar-refractivity contribution < 1.29 is 19.1 Å². The molecule has 2 rings (SSSR count). The van der Waals surface area contributed by atoms with E-state index in [1.165, 1.54) is 0 Å². The Balaban J connectivity index is 2.06. The quantitative estimate of drug-likeness (QED) is 0.843. The molecule has 0 aliphatic carbocycles. The monoisotopic (exact) mass is 272 g/mol. The van der Waals surface area contributed by atoms with Crippen molar-refractivity contribution in [3.05, 3.63) is 41.5 Å². The molecule has 6 heteroatoms. The van der Waals surface area contributed by atoms with Crippen molar-refractivity contribution in [2.45, 2.75) is 13.8 Å². The topological polar surface area (TPSA) is 78.6 Å². The molecule has 1 aromatic carbocycles. The van der Waals surface area contributed by atoms with Crippen molar-refractivity contribution in [3.63, 3.8) is 0 Å². The number of rotatable bonds is 3. The summed E-state index contributed by atoms with van der Waals surface area (Å²) >= 11 is 0. The van der Waals surface area contributed by atoms with Crippen LogP contribution in [-0.4, -0.2) is 29.0 Å². The van der Waals surface area contributed by atoms with E-state index in [9.17, 15) is 14.4 Å². The highest BCUT2D eigenvalue weighted by atomic mass is 16.2. The summed E-state index contributed by atoms with van der Waals surface area (Å²) in [6.45, 7) is 3.55. The number of benzene rings is 1. The van der Waals surface area contributed by atoms with Crippen LogP contribution in [0.2, 0.25) is 0 Å². The summed E-state index contributed by atoms with van der Waals surface area (Å²) < 4.78 is 0.848. The summed E-state index contributed by atoms with van der Waals surface area (Å²) in [7, 11) is 0. The summed E-state index contributed by atoms with van der Waals surface area (Å²) in [6, 6.07) is 5.62. The first-order valence-electron chi connectivity index (χ1n) is 6.08. The van der Waals surface area contributed by atoms with Gasteiger partial charge in [0.15, 0.2) is 0 Å². The van der Waals surface area contributed by atoms with Gasteiger partial charge in [0.05, 0.1) is 6.08 Å². The fraction of sp³-hybridized carbons (Fsp3) is 0.214. The van der Waals surface area contributed by atoms with E-state index in [0.29, 0.717) is 5.69 Å². The van der Waals surface area contributed by atoms with Crippen LogP contribution in [0.15, 0.2) is 35.5 Å². The molecule has 0 radical (unpaired) electrons. The molecule has 0 atom stereocenters. The lowest BCUT2D eigenvalue weighted by atomic mass is 10.1. The van der Waals surface area contributed by atoms with Gasteiger partial charge < -0.3 is 5.32 Å². The number of amides is 3. The minimum Gasteiger partial charge on any atom is -0.320 e. The van der Waals surface area contributed by atoms with E-state index in [4.69, 9.17) is 0 Å². The third kappa shape index (κ3) is 3.23. The lowest BCUT2D eigenvalue weighted by Crippen LogP contribution is -2.31. The Morgan fingerprint density at radius 3 is 2.70 bits per heavy atom. The Morgan fingerprint density at radius 2 is 2.00 bits per heavy atom. The number of anilines is 1. The number of hydrogen-bond donors (Lipinski definition) is 1. The molecule has 1 N–H and O–H groups in total. The van der Waals surface area contributed by atoms with Gasteiger partial charge in [-0.1, -0.05) is 17.7 Å². The van der Waals surface area contributed by atoms with Gasteiger partial charge in [-0.05, 0) is 30.2 Å². The molecule has 0 bridgehead atoms. The van der Waals surface area contributed by atoms with E-state index in [2.05, 4.69) is 10.4 Å². The van der Waals surface area contributed by atoms with Crippen LogP contribution in [0.5, 0.6) is 0 Å². The third-order valence-corrected chi connectivity index (χ3v) is 2.79. The Labute approximate surface area is 115 Å². The molecular formula is C14H14N3O3+. The molecular weight excluding hydrogens is 258 g/mol. The van der Waals surface area contributed by atoms with Crippen LogP contribution in [0.3, 0.4) is 0 Å². The average molecular weight is 272 g/mol. The maximum atomic E-state index is 11.9. The number of nitrogens with one attached hydrogen (secondary N) is 1. The third-order valence-electron chi connectivity index (χ3n) is 2.79. The van der Waals surface area contributed by atoms with Gasteiger partial charge in [0.25, 0.3) is 12.5 Å². The van der Waals surface area contributed by atoms with Gasteiger partial charge in [-0.15, -0.1) is 0 Å². The summed E-state index contributed by atoms with van der Waals surface area (Å²) in [5.74, 6) is -1.44. The first-order chi connectivity index (χ1) is 9.45. The van der Waals surface area contributed by atoms with Gasteiger partial charge in [0, 0.05) is 16.9 Å². The zero-order valence-corrected chi connectivity index (χ0v) is 11.2. The number of carbonyl (C=O) groups is 3. The van der Waals surface area contributed by atoms with Crippen LogP contribution < -0.4 is 5.32 Å². The highest BCUT2D eigenvalue weighted by Crippen LogP contribution is 2.15. The van der Waals surface area contributed by atoms with Crippen LogP contribution >= 0.6 is 0 Å². The lowest BCUT2D eigenvalue weighted by Gasteiger charge is -2.07. The second-order valence-corrected chi connectivity index (χ2v) is 4.53. The molecule has 0 saturated heterocycles. The maximum Gasteiger partial charge on any atom is 0.437 e. The molecule has 1 aromatic rings. The average Bonchev–Trinajstić information content (AvgIpc) is 2.37. The standard InChI is InChI=1S/C14H13N3O3/c1-9-3-4-11(10(2)7-9)15-13(19)8-17-14(20)6-5-12(18)16-17/h3-7H,8H2,1-2H3/p+1. The van der Waals surface area contributed by atoms with E-state index >= 15 is 0 Å². The lowest BCUT2D eigenvalue weighted by molar-refractivity contribution is -0.495. The second-order valence-electron chi connectivity index (χ2n) is 4.53. The molecule has 0 unspecified atom stereocenters.